The number of nitriles is 1. The number of nitrogens with two attached hydrogens (primary N) is 1. The molecule has 0 saturated heterocycles. The molecule has 0 fully saturated rings. The monoisotopic (exact) mass is 174 g/mol. The maximum Gasteiger partial charge on any atom is 0.159 e. The third kappa shape index (κ3) is 1.67. The summed E-state index contributed by atoms with van der Waals surface area (Å²) in [4.78, 5) is 11.0. The van der Waals surface area contributed by atoms with Gasteiger partial charge in [-0.1, -0.05) is 0 Å². The fraction of sp³-hybridized carbons (Fsp3) is 0.200. The number of carbonyl (C=O) groups is 1. The second-order valence-corrected chi connectivity index (χ2v) is 2.91. The first kappa shape index (κ1) is 9.27. The molecule has 0 aliphatic carbocycles. The molecule has 0 radical (unpaired) electrons. The summed E-state index contributed by atoms with van der Waals surface area (Å²) in [6.07, 6.45) is 0. The van der Waals surface area contributed by atoms with E-state index in [4.69, 9.17) is 11.0 Å². The molecule has 66 valence electrons. The average Bonchev–Trinajstić information content (AvgIpc) is 2.09. The van der Waals surface area contributed by atoms with Crippen LogP contribution < -0.4 is 5.73 Å². The van der Waals surface area contributed by atoms with Gasteiger partial charge in [-0.25, -0.2) is 0 Å². The summed E-state index contributed by atoms with van der Waals surface area (Å²) in [6, 6.07) is 5.16. The molecule has 1 aromatic carbocycles. The van der Waals surface area contributed by atoms with Crippen LogP contribution >= 0.6 is 0 Å². The molecule has 0 heterocycles. The lowest BCUT2D eigenvalue weighted by Crippen LogP contribution is -1.99. The number of Topliss-reactive ketones (excluding diaryl/α,β-unsaturated/α-hetero) is 1. The van der Waals surface area contributed by atoms with Crippen LogP contribution in [0.2, 0.25) is 0 Å². The predicted octanol–water partition coefficient (Wildman–Crippen LogP) is 1.65. The highest BCUT2D eigenvalue weighted by Gasteiger charge is 2.06. The Morgan fingerprint density at radius 2 is 2.15 bits per heavy atom. The Morgan fingerprint density at radius 3 is 2.62 bits per heavy atom. The number of hydrogen-bond acceptors (Lipinski definition) is 3. The zero-order chi connectivity index (χ0) is 10.0. The van der Waals surface area contributed by atoms with Crippen LogP contribution in [0.1, 0.15) is 28.4 Å². The third-order valence-electron chi connectivity index (χ3n) is 1.97. The maximum absolute atomic E-state index is 11.0. The van der Waals surface area contributed by atoms with Gasteiger partial charge in [-0.3, -0.25) is 4.79 Å². The van der Waals surface area contributed by atoms with Gasteiger partial charge in [0.1, 0.15) is 0 Å². The van der Waals surface area contributed by atoms with Crippen LogP contribution in [0.4, 0.5) is 5.69 Å². The minimum absolute atomic E-state index is 0.0804. The molecule has 0 atom stereocenters. The summed E-state index contributed by atoms with van der Waals surface area (Å²) in [5.41, 5.74) is 7.80. The molecule has 0 aromatic heterocycles. The fourth-order valence-corrected chi connectivity index (χ4v) is 1.06. The predicted molar refractivity (Wildman–Crippen MR) is 50.3 cm³/mol. The Labute approximate surface area is 76.8 Å². The van der Waals surface area contributed by atoms with Gasteiger partial charge in [0.25, 0.3) is 0 Å². The number of nitrogen functional groups attached to an aromatic ring is 1. The smallest absolute Gasteiger partial charge is 0.159 e. The number of hydrogen-bond donors (Lipinski definition) is 1. The van der Waals surface area contributed by atoms with Gasteiger partial charge >= 0.3 is 0 Å². The molecule has 0 amide bonds. The van der Waals surface area contributed by atoms with Gasteiger partial charge in [-0.15, -0.1) is 0 Å². The van der Waals surface area contributed by atoms with Crippen molar-refractivity contribution in [1.29, 1.82) is 5.26 Å². The first-order valence-corrected chi connectivity index (χ1v) is 3.87. The highest BCUT2D eigenvalue weighted by Crippen LogP contribution is 2.18. The fourth-order valence-electron chi connectivity index (χ4n) is 1.06. The van der Waals surface area contributed by atoms with Crippen LogP contribution in [-0.4, -0.2) is 5.78 Å². The number of anilines is 1. The molecule has 1 aromatic rings. The quantitative estimate of drug-likeness (QED) is 0.520. The summed E-state index contributed by atoms with van der Waals surface area (Å²) in [5.74, 6) is -0.0804. The first-order chi connectivity index (χ1) is 6.06. The molecule has 2 N–H and O–H groups in total. The van der Waals surface area contributed by atoms with Gasteiger partial charge in [0.2, 0.25) is 0 Å². The minimum atomic E-state index is -0.0804. The summed E-state index contributed by atoms with van der Waals surface area (Å²) in [6.45, 7) is 3.21. The summed E-state index contributed by atoms with van der Waals surface area (Å²) < 4.78 is 0. The van der Waals surface area contributed by atoms with Crippen LogP contribution in [0.15, 0.2) is 12.1 Å². The zero-order valence-corrected chi connectivity index (χ0v) is 7.59. The second-order valence-electron chi connectivity index (χ2n) is 2.91. The van der Waals surface area contributed by atoms with Crippen LogP contribution in [-0.2, 0) is 0 Å². The van der Waals surface area contributed by atoms with Crippen molar-refractivity contribution >= 4 is 11.5 Å². The van der Waals surface area contributed by atoms with E-state index < -0.39 is 0 Å². The molecule has 0 unspecified atom stereocenters. The van der Waals surface area contributed by atoms with Crippen molar-refractivity contribution in [1.82, 2.24) is 0 Å². The maximum atomic E-state index is 11.0. The van der Waals surface area contributed by atoms with E-state index in [-0.39, 0.29) is 5.78 Å². The lowest BCUT2D eigenvalue weighted by molar-refractivity contribution is 0.101. The molecule has 3 nitrogen and oxygen atoms in total. The van der Waals surface area contributed by atoms with Gasteiger partial charge < -0.3 is 5.73 Å². The Hall–Kier alpha value is -1.82. The van der Waals surface area contributed by atoms with E-state index in [1.807, 2.05) is 6.07 Å². The van der Waals surface area contributed by atoms with Crippen LogP contribution in [0.3, 0.4) is 0 Å². The molecule has 3 heteroatoms. The van der Waals surface area contributed by atoms with Crippen molar-refractivity contribution in [2.45, 2.75) is 13.8 Å². The summed E-state index contributed by atoms with van der Waals surface area (Å²) in [7, 11) is 0. The topological polar surface area (TPSA) is 66.9 Å². The Morgan fingerprint density at radius 1 is 1.54 bits per heavy atom. The molecule has 0 aliphatic heterocycles. The number of benzene rings is 1. The Kier molecular flexibility index (Phi) is 2.34. The van der Waals surface area contributed by atoms with Crippen molar-refractivity contribution in [3.8, 4) is 6.07 Å². The molecule has 0 saturated carbocycles. The summed E-state index contributed by atoms with van der Waals surface area (Å²) >= 11 is 0. The Bertz CT molecular complexity index is 402. The van der Waals surface area contributed by atoms with Gasteiger partial charge in [0.05, 0.1) is 11.6 Å². The van der Waals surface area contributed by atoms with Gasteiger partial charge in [-0.2, -0.15) is 5.26 Å². The van der Waals surface area contributed by atoms with Crippen molar-refractivity contribution in [3.63, 3.8) is 0 Å². The minimum Gasteiger partial charge on any atom is -0.398 e. The Balaban J connectivity index is 3.41. The van der Waals surface area contributed by atoms with Gasteiger partial charge in [-0.05, 0) is 31.5 Å². The van der Waals surface area contributed by atoms with E-state index in [9.17, 15) is 4.79 Å². The third-order valence-corrected chi connectivity index (χ3v) is 1.97. The molecular weight excluding hydrogens is 164 g/mol. The number of rotatable bonds is 1. The SMILES string of the molecule is CC(=O)c1cc(N)c(C)c(C#N)c1. The summed E-state index contributed by atoms with van der Waals surface area (Å²) in [5, 5.41) is 8.73. The highest BCUT2D eigenvalue weighted by molar-refractivity contribution is 5.95. The van der Waals surface area contributed by atoms with Crippen molar-refractivity contribution in [2.75, 3.05) is 5.73 Å². The second kappa shape index (κ2) is 3.28. The lowest BCUT2D eigenvalue weighted by Gasteiger charge is -2.04. The number of nitrogens with zero attached hydrogens (tertiary/aromatic N) is 1. The number of carbonyl (C=O) groups excluding carboxylic acids is 1. The largest absolute Gasteiger partial charge is 0.398 e. The van der Waals surface area contributed by atoms with Crippen molar-refractivity contribution in [3.05, 3.63) is 28.8 Å². The molecule has 0 bridgehead atoms. The first-order valence-electron chi connectivity index (χ1n) is 3.87. The normalized spacial score (nSPS) is 9.31. The van der Waals surface area contributed by atoms with Crippen molar-refractivity contribution < 1.29 is 4.79 Å². The molecular formula is C10H10N2O. The highest BCUT2D eigenvalue weighted by atomic mass is 16.1. The van der Waals surface area contributed by atoms with E-state index >= 15 is 0 Å². The number of ketones is 1. The molecule has 0 spiro atoms. The van der Waals surface area contributed by atoms with Crippen LogP contribution in [0, 0.1) is 18.3 Å². The zero-order valence-electron chi connectivity index (χ0n) is 7.59. The molecule has 0 aliphatic rings. The van der Waals surface area contributed by atoms with E-state index in [1.54, 1.807) is 19.1 Å². The van der Waals surface area contributed by atoms with E-state index in [0.717, 1.165) is 5.56 Å². The van der Waals surface area contributed by atoms with E-state index in [0.29, 0.717) is 16.8 Å². The van der Waals surface area contributed by atoms with Gasteiger partial charge in [0.15, 0.2) is 5.78 Å². The molecule has 1 rings (SSSR count). The van der Waals surface area contributed by atoms with E-state index in [2.05, 4.69) is 0 Å². The molecule has 13 heavy (non-hydrogen) atoms. The van der Waals surface area contributed by atoms with Crippen LogP contribution in [0.5, 0.6) is 0 Å². The van der Waals surface area contributed by atoms with E-state index in [1.165, 1.54) is 6.92 Å². The lowest BCUT2D eigenvalue weighted by atomic mass is 10.0. The van der Waals surface area contributed by atoms with Gasteiger partial charge in [0, 0.05) is 11.3 Å². The standard InChI is InChI=1S/C10H10N2O/c1-6-9(5-11)3-8(7(2)13)4-10(6)12/h3-4H,12H2,1-2H3. The average molecular weight is 174 g/mol. The van der Waals surface area contributed by atoms with Crippen molar-refractivity contribution in [2.24, 2.45) is 0 Å². The van der Waals surface area contributed by atoms with Crippen LogP contribution in [0.25, 0.3) is 0 Å².